The molecule has 0 aromatic rings. The summed E-state index contributed by atoms with van der Waals surface area (Å²) >= 11 is 0. The van der Waals surface area contributed by atoms with Gasteiger partial charge in [-0.2, -0.15) is 0 Å². The van der Waals surface area contributed by atoms with Crippen molar-refractivity contribution < 1.29 is 58.9 Å². The minimum absolute atomic E-state index is 0.0308. The second-order valence-electron chi connectivity index (χ2n) is 19.3. The molecule has 4 aliphatic rings. The van der Waals surface area contributed by atoms with Gasteiger partial charge >= 0.3 is 5.97 Å². The zero-order chi connectivity index (χ0) is 45.9. The fraction of sp³-hybridized carbons (Fsp3) is 0.755. The van der Waals surface area contributed by atoms with Crippen molar-refractivity contribution in [3.63, 3.8) is 0 Å². The van der Waals surface area contributed by atoms with Crippen molar-refractivity contribution in [1.82, 2.24) is 4.90 Å². The number of hydrogen-bond acceptors (Lipinski definition) is 12. The number of rotatable bonds is 4. The molecule has 3 aliphatic heterocycles. The van der Waals surface area contributed by atoms with E-state index in [1.165, 1.54) is 4.90 Å². The van der Waals surface area contributed by atoms with E-state index in [0.29, 0.717) is 63.4 Å². The first-order valence-electron chi connectivity index (χ1n) is 23.2. The van der Waals surface area contributed by atoms with E-state index >= 15 is 0 Å². The maximum absolute atomic E-state index is 14.3. The number of piperidine rings is 1. The summed E-state index contributed by atoms with van der Waals surface area (Å²) in [5.41, 5.74) is 0.961. The van der Waals surface area contributed by atoms with Gasteiger partial charge in [-0.15, -0.1) is 0 Å². The first kappa shape index (κ1) is 51.6. The van der Waals surface area contributed by atoms with Gasteiger partial charge in [-0.1, -0.05) is 71.1 Å². The molecule has 2 bridgehead atoms. The number of ether oxygens (including phenoxy) is 3. The second-order valence-corrected chi connectivity index (χ2v) is 19.3. The van der Waals surface area contributed by atoms with Gasteiger partial charge in [-0.05, 0) is 107 Å². The van der Waals surface area contributed by atoms with E-state index in [9.17, 15) is 44.7 Å². The molecular weight excluding hydrogens is 795 g/mol. The molecule has 4 rings (SSSR count). The van der Waals surface area contributed by atoms with Gasteiger partial charge in [0.25, 0.3) is 0 Å². The van der Waals surface area contributed by atoms with Crippen LogP contribution in [0.5, 0.6) is 0 Å². The van der Waals surface area contributed by atoms with Crippen LogP contribution in [-0.2, 0) is 33.4 Å². The molecule has 1 aliphatic carbocycles. The Hall–Kier alpha value is -3.04. The number of carbonyl (C=O) groups excluding carboxylic acids is 4. The van der Waals surface area contributed by atoms with Crippen LogP contribution in [-0.4, -0.2) is 122 Å². The summed E-state index contributed by atoms with van der Waals surface area (Å²) in [4.78, 5) is 57.2. The summed E-state index contributed by atoms with van der Waals surface area (Å²) in [6.45, 7) is 12.8. The molecule has 5 N–H and O–H groups in total. The van der Waals surface area contributed by atoms with Gasteiger partial charge in [0.1, 0.15) is 30.1 Å². The molecule has 1 amide bonds. The summed E-state index contributed by atoms with van der Waals surface area (Å²) in [5.74, 6) is -5.54. The molecular formula is C49H77NO12. The largest absolute Gasteiger partial charge is 0.460 e. The average Bonchev–Trinajstić information content (AvgIpc) is 3.23. The van der Waals surface area contributed by atoms with Gasteiger partial charge < -0.3 is 44.6 Å². The van der Waals surface area contributed by atoms with E-state index in [-0.39, 0.29) is 66.9 Å². The quantitative estimate of drug-likeness (QED) is 0.171. The molecule has 0 unspecified atom stereocenters. The van der Waals surface area contributed by atoms with Crippen LogP contribution in [0.25, 0.3) is 0 Å². The van der Waals surface area contributed by atoms with Crippen molar-refractivity contribution >= 4 is 23.4 Å². The predicted octanol–water partition coefficient (Wildman–Crippen LogP) is 5.69. The number of methoxy groups -OCH3 is 1. The molecule has 62 heavy (non-hydrogen) atoms. The Labute approximate surface area is 369 Å². The standard InChI is InChI=1S/C49H77NO12/c1-29-14-10-9-11-15-30(2)40(52)26-37-19-17-35(7)49(59,62-37)28-44(54)50-21-13-12-16-38(50)48(58)61-42(32(4)24-36-18-20-39(51)43(25-36)60-8)27-41(53)31(3)23-34(6)46(56)47(57)45(55)33(5)22-29/h9-11,14-15,23,29,31-33,35-40,42-43,46-47,51-52,56-57,59H,12-13,16-22,24-28H2,1-8H3/b11-9+,14-10+,30-15+,34-23+/t29-,31-,32-,33-,35-,36+,37+,38+,39-,40+,42+,43-,46-,47+,49+/m1/s1. The van der Waals surface area contributed by atoms with E-state index in [0.717, 1.165) is 6.42 Å². The molecule has 3 fully saturated rings. The van der Waals surface area contributed by atoms with E-state index in [2.05, 4.69) is 0 Å². The van der Waals surface area contributed by atoms with Crippen LogP contribution < -0.4 is 0 Å². The summed E-state index contributed by atoms with van der Waals surface area (Å²) in [7, 11) is 1.57. The lowest BCUT2D eigenvalue weighted by atomic mass is 9.78. The highest BCUT2D eigenvalue weighted by Crippen LogP contribution is 2.38. The lowest BCUT2D eigenvalue weighted by Crippen LogP contribution is -2.54. The van der Waals surface area contributed by atoms with Gasteiger partial charge in [0, 0.05) is 44.2 Å². The summed E-state index contributed by atoms with van der Waals surface area (Å²) < 4.78 is 18.1. The van der Waals surface area contributed by atoms with Crippen molar-refractivity contribution in [1.29, 1.82) is 0 Å². The topological polar surface area (TPSA) is 200 Å². The Morgan fingerprint density at radius 2 is 1.60 bits per heavy atom. The SMILES string of the molecule is CO[C@@H]1C[C@H](C[C@@H](C)[C@@H]2CC(=O)[C@H](C)/C=C(\C)[C@@H](O)[C@@H](O)C(=O)[C@H](C)C[C@H](C)/C=C/C=C/C=C(\C)[C@@H](O)C[C@@H]3CC[C@@H](C)[C@](O)(CC(=O)N4CCCC[C@H]4C(=O)O2)O3)CC[C@H]1O. The summed E-state index contributed by atoms with van der Waals surface area (Å²) in [6.07, 6.45) is 9.90. The minimum atomic E-state index is -1.81. The number of hydrogen-bond donors (Lipinski definition) is 5. The van der Waals surface area contributed by atoms with Crippen molar-refractivity contribution in [3.05, 3.63) is 47.6 Å². The smallest absolute Gasteiger partial charge is 0.329 e. The van der Waals surface area contributed by atoms with Crippen molar-refractivity contribution in [3.8, 4) is 0 Å². The molecule has 2 saturated heterocycles. The van der Waals surface area contributed by atoms with Crippen LogP contribution in [0.2, 0.25) is 0 Å². The molecule has 350 valence electrons. The zero-order valence-corrected chi connectivity index (χ0v) is 38.5. The Kier molecular flexibility index (Phi) is 19.8. The van der Waals surface area contributed by atoms with Crippen LogP contribution in [0.1, 0.15) is 132 Å². The minimum Gasteiger partial charge on any atom is -0.460 e. The van der Waals surface area contributed by atoms with E-state index in [1.54, 1.807) is 46.1 Å². The lowest BCUT2D eigenvalue weighted by molar-refractivity contribution is -0.283. The third kappa shape index (κ3) is 14.2. The van der Waals surface area contributed by atoms with E-state index in [4.69, 9.17) is 14.2 Å². The summed E-state index contributed by atoms with van der Waals surface area (Å²) in [6, 6.07) is -0.935. The highest BCUT2D eigenvalue weighted by Gasteiger charge is 2.46. The molecule has 3 heterocycles. The number of cyclic esters (lactones) is 1. The van der Waals surface area contributed by atoms with Crippen LogP contribution in [0, 0.1) is 35.5 Å². The number of carbonyl (C=O) groups is 4. The highest BCUT2D eigenvalue weighted by molar-refractivity contribution is 5.87. The number of allylic oxidation sites excluding steroid dienone is 6. The molecule has 15 atom stereocenters. The molecule has 13 nitrogen and oxygen atoms in total. The maximum atomic E-state index is 14.3. The summed E-state index contributed by atoms with van der Waals surface area (Å²) in [5, 5.41) is 55.5. The zero-order valence-electron chi connectivity index (χ0n) is 38.5. The number of nitrogens with zero attached hydrogens (tertiary/aromatic N) is 1. The molecule has 13 heteroatoms. The maximum Gasteiger partial charge on any atom is 0.329 e. The number of aliphatic hydroxyl groups excluding tert-OH is 4. The second kappa shape index (κ2) is 23.8. The molecule has 0 spiro atoms. The Bertz CT molecular complexity index is 1640. The van der Waals surface area contributed by atoms with E-state index < -0.39 is 77.9 Å². The third-order valence-electron chi connectivity index (χ3n) is 14.1. The lowest BCUT2D eigenvalue weighted by Gasteiger charge is -2.44. The third-order valence-corrected chi connectivity index (χ3v) is 14.1. The first-order valence-corrected chi connectivity index (χ1v) is 23.2. The number of ketones is 2. The van der Waals surface area contributed by atoms with Crippen molar-refractivity contribution in [2.75, 3.05) is 13.7 Å². The van der Waals surface area contributed by atoms with Gasteiger partial charge in [-0.25, -0.2) is 4.79 Å². The van der Waals surface area contributed by atoms with E-state index in [1.807, 2.05) is 45.9 Å². The van der Waals surface area contributed by atoms with Gasteiger partial charge in [-0.3, -0.25) is 14.4 Å². The fourth-order valence-corrected chi connectivity index (χ4v) is 9.72. The number of aliphatic hydroxyl groups is 5. The fourth-order valence-electron chi connectivity index (χ4n) is 9.72. The Morgan fingerprint density at radius 3 is 2.31 bits per heavy atom. The molecule has 0 aromatic heterocycles. The highest BCUT2D eigenvalue weighted by atomic mass is 16.6. The Morgan fingerprint density at radius 1 is 0.871 bits per heavy atom. The van der Waals surface area contributed by atoms with Gasteiger partial charge in [0.05, 0.1) is 30.8 Å². The molecule has 0 aromatic carbocycles. The first-order chi connectivity index (χ1) is 29.2. The van der Waals surface area contributed by atoms with Crippen LogP contribution in [0.3, 0.4) is 0 Å². The Balaban J connectivity index is 1.65. The van der Waals surface area contributed by atoms with Gasteiger partial charge in [0.15, 0.2) is 11.6 Å². The van der Waals surface area contributed by atoms with Crippen LogP contribution in [0.15, 0.2) is 47.6 Å². The van der Waals surface area contributed by atoms with Crippen LogP contribution >= 0.6 is 0 Å². The predicted molar refractivity (Wildman–Crippen MR) is 235 cm³/mol. The van der Waals surface area contributed by atoms with Crippen molar-refractivity contribution in [2.24, 2.45) is 35.5 Å². The number of fused-ring (bicyclic) bond motifs is 3. The molecule has 0 radical (unpaired) electrons. The number of amides is 1. The normalized spacial score (nSPS) is 41.8. The number of Topliss-reactive ketones (excluding diaryl/α,β-unsaturated/α-hetero) is 2. The van der Waals surface area contributed by atoms with Gasteiger partial charge in [0.2, 0.25) is 5.91 Å². The average molecular weight is 872 g/mol. The van der Waals surface area contributed by atoms with Crippen LogP contribution in [0.4, 0.5) is 0 Å². The monoisotopic (exact) mass is 872 g/mol. The van der Waals surface area contributed by atoms with Crippen molar-refractivity contribution in [2.45, 2.75) is 186 Å². The molecule has 1 saturated carbocycles. The number of esters is 1.